The van der Waals surface area contributed by atoms with E-state index in [-0.39, 0.29) is 17.6 Å². The highest BCUT2D eigenvalue weighted by Gasteiger charge is 2.23. The number of amides is 1. The minimum Gasteiger partial charge on any atom is -0.376 e. The molecule has 140 valence electrons. The number of aromatic amines is 1. The lowest BCUT2D eigenvalue weighted by molar-refractivity contribution is 0.0961. The van der Waals surface area contributed by atoms with Crippen LogP contribution in [0.2, 0.25) is 0 Å². The number of pyridine rings is 1. The molecule has 1 saturated heterocycles. The average molecular weight is 384 g/mol. The van der Waals surface area contributed by atoms with Gasteiger partial charge in [0.1, 0.15) is 5.69 Å². The molecule has 1 fully saturated rings. The Labute approximate surface area is 160 Å². The highest BCUT2D eigenvalue weighted by Crippen LogP contribution is 2.24. The first-order valence-electron chi connectivity index (χ1n) is 8.79. The van der Waals surface area contributed by atoms with E-state index in [1.165, 1.54) is 0 Å². The summed E-state index contributed by atoms with van der Waals surface area (Å²) in [7, 11) is 0. The van der Waals surface area contributed by atoms with Gasteiger partial charge in [-0.3, -0.25) is 9.59 Å². The van der Waals surface area contributed by atoms with Crippen molar-refractivity contribution >= 4 is 23.4 Å². The topological polar surface area (TPSA) is 89.0 Å². The molecule has 8 heteroatoms. The quantitative estimate of drug-likeness (QED) is 0.661. The highest BCUT2D eigenvalue weighted by molar-refractivity contribution is 7.98. The number of fused-ring (bicyclic) bond motifs is 1. The SMILES string of the molecule is CSc1cccc(NC(=O)c2cn(CC3CCCO3)cc3c(=O)[nH]nc2-3)c1. The van der Waals surface area contributed by atoms with Gasteiger partial charge in [-0.05, 0) is 37.3 Å². The number of carbonyl (C=O) groups excluding carboxylic acids is 1. The average Bonchev–Trinajstić information content (AvgIpc) is 3.31. The van der Waals surface area contributed by atoms with Gasteiger partial charge in [-0.2, -0.15) is 5.10 Å². The number of thioether (sulfide) groups is 1. The third kappa shape index (κ3) is 3.77. The Hall–Kier alpha value is -2.58. The molecule has 2 N–H and O–H groups in total. The minimum absolute atomic E-state index is 0.101. The molecule has 0 aliphatic carbocycles. The molecule has 27 heavy (non-hydrogen) atoms. The molecule has 0 spiro atoms. The van der Waals surface area contributed by atoms with Gasteiger partial charge in [-0.1, -0.05) is 6.07 Å². The van der Waals surface area contributed by atoms with Gasteiger partial charge in [0, 0.05) is 36.1 Å². The second-order valence-corrected chi connectivity index (χ2v) is 7.38. The zero-order valence-corrected chi connectivity index (χ0v) is 15.7. The molecular formula is C19H20N4O3S. The normalized spacial score (nSPS) is 16.7. The number of benzene rings is 1. The fraction of sp³-hybridized carbons (Fsp3) is 0.316. The number of H-pyrrole nitrogens is 1. The molecule has 3 heterocycles. The van der Waals surface area contributed by atoms with E-state index in [1.807, 2.05) is 35.1 Å². The van der Waals surface area contributed by atoms with Crippen molar-refractivity contribution < 1.29 is 9.53 Å². The summed E-state index contributed by atoms with van der Waals surface area (Å²) in [5.74, 6) is -0.300. The number of hydrogen-bond acceptors (Lipinski definition) is 5. The molecule has 1 unspecified atom stereocenters. The Morgan fingerprint density at radius 3 is 3.11 bits per heavy atom. The Morgan fingerprint density at radius 1 is 1.44 bits per heavy atom. The van der Waals surface area contributed by atoms with Gasteiger partial charge < -0.3 is 14.6 Å². The first-order chi connectivity index (χ1) is 13.1. The number of aromatic nitrogens is 3. The zero-order valence-electron chi connectivity index (χ0n) is 14.9. The molecule has 1 aromatic carbocycles. The molecule has 1 amide bonds. The van der Waals surface area contributed by atoms with Crippen molar-refractivity contribution in [2.75, 3.05) is 18.2 Å². The number of rotatable bonds is 5. The van der Waals surface area contributed by atoms with Crippen LogP contribution in [0.1, 0.15) is 23.2 Å². The van der Waals surface area contributed by atoms with E-state index in [9.17, 15) is 9.59 Å². The lowest BCUT2D eigenvalue weighted by Crippen LogP contribution is -2.20. The van der Waals surface area contributed by atoms with E-state index in [1.54, 1.807) is 24.2 Å². The maximum Gasteiger partial charge on any atom is 0.275 e. The molecule has 0 aromatic heterocycles. The summed E-state index contributed by atoms with van der Waals surface area (Å²) in [6.07, 6.45) is 7.55. The molecule has 7 nitrogen and oxygen atoms in total. The molecule has 3 aliphatic rings. The standard InChI is InChI=1S/C19H20N4O3S/c1-27-14-6-2-4-12(8-14)20-18(24)15-10-23(9-13-5-3-7-26-13)11-16-17(15)21-22-19(16)25/h2,4,6,8,10-11,13H,3,5,7,9H2,1H3,(H,20,24)(H,22,25). The van der Waals surface area contributed by atoms with Crippen molar-refractivity contribution in [2.45, 2.75) is 30.4 Å². The van der Waals surface area contributed by atoms with Crippen LogP contribution in [0.5, 0.6) is 0 Å². The van der Waals surface area contributed by atoms with Crippen molar-refractivity contribution in [1.82, 2.24) is 14.8 Å². The number of hydrogen-bond donors (Lipinski definition) is 2. The fourth-order valence-corrected chi connectivity index (χ4v) is 3.74. The summed E-state index contributed by atoms with van der Waals surface area (Å²) >= 11 is 1.60. The molecule has 0 radical (unpaired) electrons. The summed E-state index contributed by atoms with van der Waals surface area (Å²) in [5.41, 5.74) is 1.54. The summed E-state index contributed by atoms with van der Waals surface area (Å²) < 4.78 is 7.53. The van der Waals surface area contributed by atoms with Gasteiger partial charge in [0.2, 0.25) is 0 Å². The van der Waals surface area contributed by atoms with E-state index >= 15 is 0 Å². The maximum atomic E-state index is 12.9. The maximum absolute atomic E-state index is 12.9. The van der Waals surface area contributed by atoms with Crippen LogP contribution in [0, 0.1) is 0 Å². The first kappa shape index (κ1) is 17.8. The number of nitrogens with one attached hydrogen (secondary N) is 2. The second kappa shape index (κ2) is 7.58. The molecule has 1 aromatic rings. The summed E-state index contributed by atoms with van der Waals surface area (Å²) in [6, 6.07) is 7.62. The monoisotopic (exact) mass is 384 g/mol. The third-order valence-electron chi connectivity index (χ3n) is 4.62. The smallest absolute Gasteiger partial charge is 0.275 e. The minimum atomic E-state index is -0.301. The number of nitrogens with zero attached hydrogens (tertiary/aromatic N) is 2. The molecular weight excluding hydrogens is 364 g/mol. The van der Waals surface area contributed by atoms with Crippen LogP contribution in [0.15, 0.2) is 46.3 Å². The van der Waals surface area contributed by atoms with Crippen molar-refractivity contribution in [3.05, 3.63) is 52.6 Å². The van der Waals surface area contributed by atoms with Crippen molar-refractivity contribution in [1.29, 1.82) is 0 Å². The van der Waals surface area contributed by atoms with Gasteiger partial charge in [-0.15, -0.1) is 11.8 Å². The van der Waals surface area contributed by atoms with Gasteiger partial charge in [0.15, 0.2) is 0 Å². The van der Waals surface area contributed by atoms with Crippen molar-refractivity contribution in [3.63, 3.8) is 0 Å². The van der Waals surface area contributed by atoms with E-state index < -0.39 is 0 Å². The van der Waals surface area contributed by atoms with Crippen molar-refractivity contribution in [2.24, 2.45) is 0 Å². The Kier molecular flexibility index (Phi) is 5.00. The molecule has 0 saturated carbocycles. The van der Waals surface area contributed by atoms with Gasteiger partial charge in [0.05, 0.1) is 17.2 Å². The van der Waals surface area contributed by atoms with Crippen LogP contribution in [-0.2, 0) is 11.3 Å². The Morgan fingerprint density at radius 2 is 2.33 bits per heavy atom. The zero-order chi connectivity index (χ0) is 18.8. The number of ether oxygens (including phenoxy) is 1. The molecule has 0 bridgehead atoms. The van der Waals surface area contributed by atoms with Crippen LogP contribution < -0.4 is 10.9 Å². The summed E-state index contributed by atoms with van der Waals surface area (Å²) in [6.45, 7) is 1.36. The van der Waals surface area contributed by atoms with Gasteiger partial charge in [-0.25, -0.2) is 5.10 Å². The fourth-order valence-electron chi connectivity index (χ4n) is 3.28. The lowest BCUT2D eigenvalue weighted by atomic mass is 10.1. The van der Waals surface area contributed by atoms with E-state index in [4.69, 9.17) is 4.74 Å². The predicted molar refractivity (Wildman–Crippen MR) is 105 cm³/mol. The van der Waals surface area contributed by atoms with Gasteiger partial charge >= 0.3 is 0 Å². The summed E-state index contributed by atoms with van der Waals surface area (Å²) in [4.78, 5) is 26.1. The molecule has 3 aliphatic heterocycles. The van der Waals surface area contributed by atoms with Crippen LogP contribution in [-0.4, -0.2) is 39.6 Å². The van der Waals surface area contributed by atoms with Gasteiger partial charge in [0.25, 0.3) is 11.5 Å². The van der Waals surface area contributed by atoms with Crippen LogP contribution in [0.3, 0.4) is 0 Å². The van der Waals surface area contributed by atoms with Crippen LogP contribution in [0.25, 0.3) is 11.3 Å². The molecule has 1 atom stereocenters. The number of carbonyl (C=O) groups is 1. The third-order valence-corrected chi connectivity index (χ3v) is 5.35. The Bertz CT molecular complexity index is 991. The first-order valence-corrected chi connectivity index (χ1v) is 10.0. The predicted octanol–water partition coefficient (Wildman–Crippen LogP) is 2.83. The highest BCUT2D eigenvalue weighted by atomic mass is 32.2. The second-order valence-electron chi connectivity index (χ2n) is 6.50. The molecule has 4 rings (SSSR count). The lowest BCUT2D eigenvalue weighted by Gasteiger charge is -2.16. The largest absolute Gasteiger partial charge is 0.376 e. The van der Waals surface area contributed by atoms with E-state index in [0.29, 0.717) is 29.1 Å². The Balaban J connectivity index is 1.66. The number of anilines is 1. The van der Waals surface area contributed by atoms with E-state index in [2.05, 4.69) is 15.5 Å². The van der Waals surface area contributed by atoms with Crippen molar-refractivity contribution in [3.8, 4) is 11.3 Å². The van der Waals surface area contributed by atoms with Crippen LogP contribution >= 0.6 is 11.8 Å². The van der Waals surface area contributed by atoms with Crippen LogP contribution in [0.4, 0.5) is 5.69 Å². The summed E-state index contributed by atoms with van der Waals surface area (Å²) in [5, 5.41) is 9.38. The van der Waals surface area contributed by atoms with E-state index in [0.717, 1.165) is 24.3 Å².